The Morgan fingerprint density at radius 1 is 1.27 bits per heavy atom. The van der Waals surface area contributed by atoms with Crippen LogP contribution in [-0.4, -0.2) is 40.8 Å². The summed E-state index contributed by atoms with van der Waals surface area (Å²) in [6, 6.07) is 0. The van der Waals surface area contributed by atoms with Crippen LogP contribution in [0, 0.1) is 0 Å². The van der Waals surface area contributed by atoms with Crippen molar-refractivity contribution >= 4 is 11.8 Å². The van der Waals surface area contributed by atoms with Gasteiger partial charge in [-0.25, -0.2) is 0 Å². The van der Waals surface area contributed by atoms with Crippen molar-refractivity contribution < 1.29 is 24.5 Å². The highest BCUT2D eigenvalue weighted by molar-refractivity contribution is 5.89. The average Bonchev–Trinajstić information content (AvgIpc) is 2.90. The summed E-state index contributed by atoms with van der Waals surface area (Å²) in [4.78, 5) is 22.9. The molecule has 0 bridgehead atoms. The van der Waals surface area contributed by atoms with Crippen molar-refractivity contribution in [3.05, 3.63) is 36.0 Å². The van der Waals surface area contributed by atoms with Gasteiger partial charge in [0.1, 0.15) is 5.60 Å². The lowest BCUT2D eigenvalue weighted by atomic mass is 9.91. The summed E-state index contributed by atoms with van der Waals surface area (Å²) < 4.78 is 4.59. The van der Waals surface area contributed by atoms with E-state index < -0.39 is 11.7 Å². The van der Waals surface area contributed by atoms with Crippen LogP contribution in [0.25, 0.3) is 0 Å². The molecule has 2 N–H and O–H groups in total. The van der Waals surface area contributed by atoms with Crippen molar-refractivity contribution in [3.63, 3.8) is 0 Å². The Kier molecular flexibility index (Phi) is 10.1. The average molecular weight is 364 g/mol. The number of ether oxygens (including phenoxy) is 1. The molecule has 0 amide bonds. The molecule has 5 nitrogen and oxygen atoms in total. The van der Waals surface area contributed by atoms with Gasteiger partial charge in [-0.3, -0.25) is 9.59 Å². The van der Waals surface area contributed by atoms with E-state index in [1.54, 1.807) is 6.08 Å². The molecule has 0 aromatic carbocycles. The molecule has 0 unspecified atom stereocenters. The van der Waals surface area contributed by atoms with Gasteiger partial charge in [0.25, 0.3) is 0 Å². The number of hydrogen-bond acceptors (Lipinski definition) is 5. The maximum atomic E-state index is 11.9. The predicted molar refractivity (Wildman–Crippen MR) is 102 cm³/mol. The van der Waals surface area contributed by atoms with Crippen LogP contribution in [0.15, 0.2) is 36.0 Å². The highest BCUT2D eigenvalue weighted by atomic mass is 16.5. The number of carbonyl (C=O) groups is 2. The number of carbonyl (C=O) groups excluding carboxylic acids is 2. The van der Waals surface area contributed by atoms with E-state index in [1.165, 1.54) is 19.3 Å². The standard InChI is InChI=1S/C21H32O5/c1-3-4-7-11-18(22)13-14-21(25)16-19(23)15-17(21)10-8-5-6-9-12-20(24)26-2/h5,8,13-15,19,23,25H,3-4,6-7,9-12,16H2,1-2H3/b8-5-,14-13+/t19-,21-/m0/s1. The second-order valence-corrected chi connectivity index (χ2v) is 6.79. The molecule has 0 aromatic rings. The third-order valence-electron chi connectivity index (χ3n) is 4.53. The minimum Gasteiger partial charge on any atom is -0.469 e. The molecule has 0 spiro atoms. The quantitative estimate of drug-likeness (QED) is 0.240. The summed E-state index contributed by atoms with van der Waals surface area (Å²) in [5, 5.41) is 20.7. The van der Waals surface area contributed by atoms with E-state index in [9.17, 15) is 19.8 Å². The number of esters is 1. The van der Waals surface area contributed by atoms with Gasteiger partial charge in [-0.15, -0.1) is 0 Å². The minimum atomic E-state index is -1.27. The normalized spacial score (nSPS) is 22.9. The lowest BCUT2D eigenvalue weighted by molar-refractivity contribution is -0.140. The molecule has 0 saturated heterocycles. The first-order valence-corrected chi connectivity index (χ1v) is 9.46. The van der Waals surface area contributed by atoms with Gasteiger partial charge in [-0.05, 0) is 43.4 Å². The fraction of sp³-hybridized carbons (Fsp3) is 0.619. The zero-order valence-corrected chi connectivity index (χ0v) is 15.9. The van der Waals surface area contributed by atoms with Gasteiger partial charge in [-0.1, -0.05) is 38.0 Å². The third kappa shape index (κ3) is 8.11. The van der Waals surface area contributed by atoms with Crippen LogP contribution in [-0.2, 0) is 14.3 Å². The summed E-state index contributed by atoms with van der Waals surface area (Å²) in [6.07, 6.45) is 13.7. The van der Waals surface area contributed by atoms with E-state index in [-0.39, 0.29) is 18.2 Å². The van der Waals surface area contributed by atoms with Crippen LogP contribution in [0.2, 0.25) is 0 Å². The summed E-state index contributed by atoms with van der Waals surface area (Å²) in [5.74, 6) is -0.214. The predicted octanol–water partition coefficient (Wildman–Crippen LogP) is 3.40. The Morgan fingerprint density at radius 3 is 2.73 bits per heavy atom. The lowest BCUT2D eigenvalue weighted by Gasteiger charge is -2.22. The van der Waals surface area contributed by atoms with Gasteiger partial charge < -0.3 is 14.9 Å². The zero-order chi connectivity index (χ0) is 19.4. The fourth-order valence-electron chi connectivity index (χ4n) is 2.96. The van der Waals surface area contributed by atoms with Crippen molar-refractivity contribution in [2.45, 2.75) is 76.4 Å². The number of aliphatic hydroxyl groups is 2. The van der Waals surface area contributed by atoms with Crippen molar-refractivity contribution in [1.82, 2.24) is 0 Å². The van der Waals surface area contributed by atoms with E-state index >= 15 is 0 Å². The Hall–Kier alpha value is -1.72. The SMILES string of the molecule is CCCCCC(=O)/C=C/[C@]1(O)C[C@@H](O)C=C1C/C=C\CCCC(=O)OC. The van der Waals surface area contributed by atoms with Gasteiger partial charge in [0, 0.05) is 19.3 Å². The number of unbranched alkanes of at least 4 members (excludes halogenated alkanes) is 3. The largest absolute Gasteiger partial charge is 0.469 e. The molecule has 146 valence electrons. The van der Waals surface area contributed by atoms with E-state index in [2.05, 4.69) is 11.7 Å². The second-order valence-electron chi connectivity index (χ2n) is 6.79. The second kappa shape index (κ2) is 11.8. The summed E-state index contributed by atoms with van der Waals surface area (Å²) in [6.45, 7) is 2.09. The first kappa shape index (κ1) is 22.3. The van der Waals surface area contributed by atoms with Gasteiger partial charge in [-0.2, -0.15) is 0 Å². The molecular weight excluding hydrogens is 332 g/mol. The van der Waals surface area contributed by atoms with Crippen LogP contribution in [0.1, 0.15) is 64.7 Å². The van der Waals surface area contributed by atoms with E-state index in [4.69, 9.17) is 0 Å². The molecule has 0 fully saturated rings. The van der Waals surface area contributed by atoms with Crippen LogP contribution in [0.3, 0.4) is 0 Å². The first-order valence-electron chi connectivity index (χ1n) is 9.46. The Morgan fingerprint density at radius 2 is 2.04 bits per heavy atom. The number of aliphatic hydroxyl groups excluding tert-OH is 1. The molecule has 2 atom stereocenters. The fourth-order valence-corrected chi connectivity index (χ4v) is 2.96. The van der Waals surface area contributed by atoms with Gasteiger partial charge in [0.05, 0.1) is 13.2 Å². The molecule has 0 heterocycles. The van der Waals surface area contributed by atoms with Gasteiger partial charge in [0.2, 0.25) is 0 Å². The Labute approximate surface area is 156 Å². The van der Waals surface area contributed by atoms with Crippen molar-refractivity contribution in [2.24, 2.45) is 0 Å². The lowest BCUT2D eigenvalue weighted by Crippen LogP contribution is -2.27. The van der Waals surface area contributed by atoms with Crippen molar-refractivity contribution in [2.75, 3.05) is 7.11 Å². The molecule has 0 aromatic heterocycles. The van der Waals surface area contributed by atoms with Crippen molar-refractivity contribution in [3.8, 4) is 0 Å². The first-order chi connectivity index (χ1) is 12.4. The molecule has 1 aliphatic rings. The molecule has 26 heavy (non-hydrogen) atoms. The van der Waals surface area contributed by atoms with Gasteiger partial charge >= 0.3 is 5.97 Å². The summed E-state index contributed by atoms with van der Waals surface area (Å²) in [7, 11) is 1.37. The Balaban J connectivity index is 2.50. The van der Waals surface area contributed by atoms with Crippen LogP contribution < -0.4 is 0 Å². The van der Waals surface area contributed by atoms with Crippen molar-refractivity contribution in [1.29, 1.82) is 0 Å². The Bertz CT molecular complexity index is 547. The molecular formula is C21H32O5. The third-order valence-corrected chi connectivity index (χ3v) is 4.53. The van der Waals surface area contributed by atoms with Crippen LogP contribution in [0.5, 0.6) is 0 Å². The van der Waals surface area contributed by atoms with Crippen LogP contribution >= 0.6 is 0 Å². The summed E-state index contributed by atoms with van der Waals surface area (Å²) in [5.41, 5.74) is -0.567. The van der Waals surface area contributed by atoms with E-state index in [1.807, 2.05) is 12.2 Å². The molecule has 0 saturated carbocycles. The monoisotopic (exact) mass is 364 g/mol. The highest BCUT2D eigenvalue weighted by Gasteiger charge is 2.36. The van der Waals surface area contributed by atoms with E-state index in [0.717, 1.165) is 25.7 Å². The molecule has 0 aliphatic heterocycles. The number of methoxy groups -OCH3 is 1. The van der Waals surface area contributed by atoms with Gasteiger partial charge in [0.15, 0.2) is 5.78 Å². The number of allylic oxidation sites excluding steroid dienone is 3. The highest BCUT2D eigenvalue weighted by Crippen LogP contribution is 2.34. The zero-order valence-electron chi connectivity index (χ0n) is 15.9. The number of ketones is 1. The minimum absolute atomic E-state index is 0.00553. The maximum Gasteiger partial charge on any atom is 0.305 e. The molecule has 1 rings (SSSR count). The smallest absolute Gasteiger partial charge is 0.305 e. The summed E-state index contributed by atoms with van der Waals surface area (Å²) >= 11 is 0. The molecule has 1 aliphatic carbocycles. The number of rotatable bonds is 12. The molecule has 0 radical (unpaired) electrons. The maximum absolute atomic E-state index is 11.9. The number of hydrogen-bond donors (Lipinski definition) is 2. The topological polar surface area (TPSA) is 83.8 Å². The van der Waals surface area contributed by atoms with E-state index in [0.29, 0.717) is 31.3 Å². The molecule has 5 heteroatoms. The van der Waals surface area contributed by atoms with Crippen LogP contribution in [0.4, 0.5) is 0 Å².